The lowest BCUT2D eigenvalue weighted by Crippen LogP contribution is -1.95. The standard InChI is InChI=1S/C25H23N3S2/c1-4-15-11-20(22-24-16(7-9-26-22)13-18(5-2)29-24)28-21(12-15)23-25-17(8-10-27-23)14-19(6-3)30-25/h7-14H,4-6H2,1-3H3. The van der Waals surface area contributed by atoms with Crippen LogP contribution in [0.15, 0.2) is 48.8 Å². The smallest absolute Gasteiger partial charge is 0.106 e. The van der Waals surface area contributed by atoms with Gasteiger partial charge in [-0.3, -0.25) is 9.97 Å². The first kappa shape index (κ1) is 19.3. The van der Waals surface area contributed by atoms with Gasteiger partial charge in [-0.1, -0.05) is 20.8 Å². The maximum Gasteiger partial charge on any atom is 0.106 e. The van der Waals surface area contributed by atoms with Crippen LogP contribution in [-0.2, 0) is 19.3 Å². The van der Waals surface area contributed by atoms with E-state index in [1.165, 1.54) is 35.5 Å². The van der Waals surface area contributed by atoms with E-state index in [4.69, 9.17) is 15.0 Å². The van der Waals surface area contributed by atoms with E-state index in [9.17, 15) is 0 Å². The number of rotatable bonds is 5. The van der Waals surface area contributed by atoms with E-state index >= 15 is 0 Å². The van der Waals surface area contributed by atoms with Gasteiger partial charge in [-0.05, 0) is 72.0 Å². The van der Waals surface area contributed by atoms with Crippen LogP contribution in [0.3, 0.4) is 0 Å². The molecule has 0 fully saturated rings. The lowest BCUT2D eigenvalue weighted by Gasteiger charge is -2.09. The van der Waals surface area contributed by atoms with Crippen molar-refractivity contribution in [2.24, 2.45) is 0 Å². The highest BCUT2D eigenvalue weighted by atomic mass is 32.1. The van der Waals surface area contributed by atoms with E-state index in [1.54, 1.807) is 0 Å². The summed E-state index contributed by atoms with van der Waals surface area (Å²) in [6.07, 6.45) is 6.82. The molecule has 5 rings (SSSR count). The van der Waals surface area contributed by atoms with Crippen LogP contribution < -0.4 is 0 Å². The van der Waals surface area contributed by atoms with Gasteiger partial charge in [0.2, 0.25) is 0 Å². The van der Waals surface area contributed by atoms with Gasteiger partial charge in [0, 0.05) is 22.1 Å². The Morgan fingerprint density at radius 1 is 0.667 bits per heavy atom. The lowest BCUT2D eigenvalue weighted by atomic mass is 10.1. The molecule has 5 aromatic heterocycles. The second-order valence-electron chi connectivity index (χ2n) is 7.39. The van der Waals surface area contributed by atoms with Crippen LogP contribution in [0.25, 0.3) is 42.9 Å². The molecule has 0 bridgehead atoms. The van der Waals surface area contributed by atoms with Crippen molar-refractivity contribution in [3.63, 3.8) is 0 Å². The molecule has 0 saturated carbocycles. The van der Waals surface area contributed by atoms with Crippen molar-refractivity contribution in [3.05, 3.63) is 64.1 Å². The van der Waals surface area contributed by atoms with Gasteiger partial charge in [-0.15, -0.1) is 22.7 Å². The molecule has 5 heteroatoms. The highest BCUT2D eigenvalue weighted by molar-refractivity contribution is 7.20. The molecule has 0 aliphatic rings. The molecular weight excluding hydrogens is 406 g/mol. The predicted molar refractivity (Wildman–Crippen MR) is 130 cm³/mol. The Labute approximate surface area is 184 Å². The van der Waals surface area contributed by atoms with E-state index < -0.39 is 0 Å². The Morgan fingerprint density at radius 3 is 1.60 bits per heavy atom. The van der Waals surface area contributed by atoms with Crippen LogP contribution in [0.2, 0.25) is 0 Å². The molecule has 0 amide bonds. The zero-order valence-electron chi connectivity index (χ0n) is 17.4. The fraction of sp³-hybridized carbons (Fsp3) is 0.240. The average Bonchev–Trinajstić information content (AvgIpc) is 3.41. The Bertz CT molecular complexity index is 1260. The van der Waals surface area contributed by atoms with Gasteiger partial charge in [0.25, 0.3) is 0 Å². The Kier molecular flexibility index (Phi) is 5.09. The summed E-state index contributed by atoms with van der Waals surface area (Å²) < 4.78 is 2.44. The molecule has 150 valence electrons. The van der Waals surface area contributed by atoms with E-state index in [-0.39, 0.29) is 0 Å². The van der Waals surface area contributed by atoms with Crippen LogP contribution in [0, 0.1) is 0 Å². The van der Waals surface area contributed by atoms with Gasteiger partial charge in [0.1, 0.15) is 11.4 Å². The van der Waals surface area contributed by atoms with Crippen LogP contribution in [-0.4, -0.2) is 15.0 Å². The molecule has 0 N–H and O–H groups in total. The maximum absolute atomic E-state index is 5.08. The Balaban J connectivity index is 1.73. The largest absolute Gasteiger partial charge is 0.253 e. The van der Waals surface area contributed by atoms with Crippen LogP contribution in [0.1, 0.15) is 36.1 Å². The number of nitrogens with zero attached hydrogens (tertiary/aromatic N) is 3. The van der Waals surface area contributed by atoms with Crippen molar-refractivity contribution in [2.45, 2.75) is 40.0 Å². The highest BCUT2D eigenvalue weighted by Crippen LogP contribution is 2.36. The van der Waals surface area contributed by atoms with Gasteiger partial charge in [0.05, 0.1) is 20.8 Å². The van der Waals surface area contributed by atoms with E-state index in [1.807, 2.05) is 35.1 Å². The third kappa shape index (κ3) is 3.32. The molecule has 0 radical (unpaired) electrons. The van der Waals surface area contributed by atoms with Crippen molar-refractivity contribution < 1.29 is 0 Å². The zero-order valence-corrected chi connectivity index (χ0v) is 19.0. The minimum absolute atomic E-state index is 0.936. The summed E-state index contributed by atoms with van der Waals surface area (Å²) in [5.41, 5.74) is 5.07. The summed E-state index contributed by atoms with van der Waals surface area (Å²) in [7, 11) is 0. The predicted octanol–water partition coefficient (Wildman–Crippen LogP) is 7.32. The third-order valence-electron chi connectivity index (χ3n) is 5.44. The second-order valence-corrected chi connectivity index (χ2v) is 9.66. The average molecular weight is 430 g/mol. The van der Waals surface area contributed by atoms with Gasteiger partial charge in [0.15, 0.2) is 0 Å². The molecule has 30 heavy (non-hydrogen) atoms. The van der Waals surface area contributed by atoms with E-state index in [2.05, 4.69) is 57.2 Å². The third-order valence-corrected chi connectivity index (χ3v) is 8.05. The van der Waals surface area contributed by atoms with E-state index in [0.29, 0.717) is 0 Å². The first-order valence-electron chi connectivity index (χ1n) is 10.5. The molecule has 0 aliphatic heterocycles. The maximum atomic E-state index is 5.08. The summed E-state index contributed by atoms with van der Waals surface area (Å²) in [5, 5.41) is 2.50. The molecule has 3 nitrogen and oxygen atoms in total. The highest BCUT2D eigenvalue weighted by Gasteiger charge is 2.16. The summed E-state index contributed by atoms with van der Waals surface area (Å²) in [4.78, 5) is 17.3. The number of aryl methyl sites for hydroxylation is 3. The number of fused-ring (bicyclic) bond motifs is 2. The summed E-state index contributed by atoms with van der Waals surface area (Å²) in [6.45, 7) is 6.58. The summed E-state index contributed by atoms with van der Waals surface area (Å²) >= 11 is 3.65. The van der Waals surface area contributed by atoms with Gasteiger partial charge in [-0.2, -0.15) is 0 Å². The molecular formula is C25H23N3S2. The number of pyridine rings is 3. The van der Waals surface area contributed by atoms with Gasteiger partial charge < -0.3 is 0 Å². The number of aromatic nitrogens is 3. The van der Waals surface area contributed by atoms with Crippen molar-refractivity contribution in [1.29, 1.82) is 0 Å². The number of thiophene rings is 2. The molecule has 0 unspecified atom stereocenters. The normalized spacial score (nSPS) is 11.6. The minimum atomic E-state index is 0.936. The first-order chi connectivity index (χ1) is 14.7. The molecule has 0 aliphatic carbocycles. The number of hydrogen-bond acceptors (Lipinski definition) is 5. The van der Waals surface area contributed by atoms with Crippen LogP contribution in [0.5, 0.6) is 0 Å². The van der Waals surface area contributed by atoms with Crippen molar-refractivity contribution in [3.8, 4) is 22.8 Å². The SMILES string of the molecule is CCc1cc(-c2nccc3cc(CC)sc23)nc(-c2nccc3cc(CC)sc23)c1. The molecule has 0 spiro atoms. The molecule has 0 atom stereocenters. The van der Waals surface area contributed by atoms with Crippen LogP contribution >= 0.6 is 22.7 Å². The number of hydrogen-bond donors (Lipinski definition) is 0. The van der Waals surface area contributed by atoms with Gasteiger partial charge >= 0.3 is 0 Å². The molecule has 5 heterocycles. The molecule has 0 saturated heterocycles. The zero-order chi connectivity index (χ0) is 20.7. The quantitative estimate of drug-likeness (QED) is 0.294. The monoisotopic (exact) mass is 429 g/mol. The second kappa shape index (κ2) is 7.89. The summed E-state index contributed by atoms with van der Waals surface area (Å²) in [6, 6.07) is 13.1. The van der Waals surface area contributed by atoms with Crippen molar-refractivity contribution in [2.75, 3.05) is 0 Å². The van der Waals surface area contributed by atoms with Crippen molar-refractivity contribution in [1.82, 2.24) is 15.0 Å². The fourth-order valence-electron chi connectivity index (χ4n) is 3.78. The van der Waals surface area contributed by atoms with Crippen LogP contribution in [0.4, 0.5) is 0 Å². The molecule has 5 aromatic rings. The Morgan fingerprint density at radius 2 is 1.17 bits per heavy atom. The van der Waals surface area contributed by atoms with Gasteiger partial charge in [-0.25, -0.2) is 4.98 Å². The van der Waals surface area contributed by atoms with E-state index in [0.717, 1.165) is 42.0 Å². The lowest BCUT2D eigenvalue weighted by molar-refractivity contribution is 1.11. The molecule has 0 aromatic carbocycles. The topological polar surface area (TPSA) is 38.7 Å². The summed E-state index contributed by atoms with van der Waals surface area (Å²) in [5.74, 6) is 0. The minimum Gasteiger partial charge on any atom is -0.253 e. The van der Waals surface area contributed by atoms with Crippen molar-refractivity contribution >= 4 is 42.8 Å². The first-order valence-corrected chi connectivity index (χ1v) is 12.1. The fourth-order valence-corrected chi connectivity index (χ4v) is 5.97. The Hall–Kier alpha value is -2.63.